The largest absolute Gasteiger partial charge is 0.478 e. The van der Waals surface area contributed by atoms with Crippen molar-refractivity contribution in [1.29, 1.82) is 0 Å². The van der Waals surface area contributed by atoms with Crippen LogP contribution >= 0.6 is 0 Å². The molecule has 1 aromatic rings. The second-order valence-corrected chi connectivity index (χ2v) is 8.26. The predicted molar refractivity (Wildman–Crippen MR) is 103 cm³/mol. The van der Waals surface area contributed by atoms with Crippen molar-refractivity contribution in [1.82, 2.24) is 0 Å². The van der Waals surface area contributed by atoms with Gasteiger partial charge in [-0.25, -0.2) is 9.18 Å². The highest BCUT2D eigenvalue weighted by Crippen LogP contribution is 2.44. The third-order valence-electron chi connectivity index (χ3n) is 6.67. The summed E-state index contributed by atoms with van der Waals surface area (Å²) < 4.78 is 13.1. The number of aliphatic carboxylic acids is 1. The average molecular weight is 358 g/mol. The van der Waals surface area contributed by atoms with Gasteiger partial charge in [0.25, 0.3) is 0 Å². The lowest BCUT2D eigenvalue weighted by Gasteiger charge is -2.38. The number of carbonyl (C=O) groups is 1. The Labute approximate surface area is 156 Å². The van der Waals surface area contributed by atoms with Crippen LogP contribution in [0.1, 0.15) is 75.7 Å². The Hall–Kier alpha value is -1.64. The Morgan fingerprint density at radius 2 is 1.54 bits per heavy atom. The molecule has 2 saturated carbocycles. The third-order valence-corrected chi connectivity index (χ3v) is 6.67. The number of benzene rings is 1. The lowest BCUT2D eigenvalue weighted by molar-refractivity contribution is -0.131. The standard InChI is InChI=1S/C23H31FO2/c24-22-15-13-21(14-16-22)20-11-9-19(10-12-20)18-7-5-17(6-8-18)3-1-2-4-23(25)26/h2,4,13-20H,1,3,5-12H2,(H,25,26)/b4-2+/t17-,18-,19-,20-. The number of halogens is 1. The van der Waals surface area contributed by atoms with E-state index in [1.54, 1.807) is 18.2 Å². The summed E-state index contributed by atoms with van der Waals surface area (Å²) in [4.78, 5) is 10.5. The molecule has 0 radical (unpaired) electrons. The Balaban J connectivity index is 1.38. The molecular formula is C23H31FO2. The molecule has 0 saturated heterocycles. The maximum Gasteiger partial charge on any atom is 0.327 e. The molecule has 0 aromatic heterocycles. The summed E-state index contributed by atoms with van der Waals surface area (Å²) in [6, 6.07) is 7.11. The molecule has 1 N–H and O–H groups in total. The number of carboxylic acids is 1. The number of allylic oxidation sites excluding steroid dienone is 1. The molecule has 0 amide bonds. The van der Waals surface area contributed by atoms with E-state index >= 15 is 0 Å². The zero-order chi connectivity index (χ0) is 18.4. The van der Waals surface area contributed by atoms with E-state index in [0.717, 1.165) is 30.6 Å². The molecule has 0 spiro atoms. The molecule has 3 rings (SSSR count). The van der Waals surface area contributed by atoms with Gasteiger partial charge in [-0.2, -0.15) is 0 Å². The van der Waals surface area contributed by atoms with Crippen LogP contribution in [0.5, 0.6) is 0 Å². The first-order valence-corrected chi connectivity index (χ1v) is 10.3. The molecule has 2 fully saturated rings. The van der Waals surface area contributed by atoms with Crippen LogP contribution in [0.2, 0.25) is 0 Å². The Kier molecular flexibility index (Phi) is 6.87. The van der Waals surface area contributed by atoms with Gasteiger partial charge in [-0.3, -0.25) is 0 Å². The minimum atomic E-state index is -0.843. The lowest BCUT2D eigenvalue weighted by atomic mass is 9.68. The van der Waals surface area contributed by atoms with Gasteiger partial charge >= 0.3 is 5.97 Å². The van der Waals surface area contributed by atoms with Gasteiger partial charge in [-0.15, -0.1) is 0 Å². The van der Waals surface area contributed by atoms with E-state index in [-0.39, 0.29) is 5.82 Å². The number of rotatable bonds is 6. The predicted octanol–water partition coefficient (Wildman–Crippen LogP) is 6.33. The minimum absolute atomic E-state index is 0.141. The first-order chi connectivity index (χ1) is 12.6. The van der Waals surface area contributed by atoms with Crippen molar-refractivity contribution in [2.75, 3.05) is 0 Å². The number of hydrogen-bond acceptors (Lipinski definition) is 1. The molecule has 3 heteroatoms. The summed E-state index contributed by atoms with van der Waals surface area (Å²) in [5.41, 5.74) is 1.31. The minimum Gasteiger partial charge on any atom is -0.478 e. The zero-order valence-electron chi connectivity index (χ0n) is 15.6. The molecule has 2 aliphatic carbocycles. The highest BCUT2D eigenvalue weighted by Gasteiger charge is 2.31. The molecule has 0 aliphatic heterocycles. The monoisotopic (exact) mass is 358 g/mol. The second-order valence-electron chi connectivity index (χ2n) is 8.26. The van der Waals surface area contributed by atoms with Gasteiger partial charge in [-0.1, -0.05) is 31.1 Å². The van der Waals surface area contributed by atoms with Crippen LogP contribution in [0, 0.1) is 23.6 Å². The van der Waals surface area contributed by atoms with E-state index in [1.807, 2.05) is 12.1 Å². The molecule has 142 valence electrons. The Bertz CT molecular complexity index is 591. The molecule has 0 heterocycles. The smallest absolute Gasteiger partial charge is 0.327 e. The molecular weight excluding hydrogens is 327 g/mol. The summed E-state index contributed by atoms with van der Waals surface area (Å²) in [5.74, 6) is 2.17. The van der Waals surface area contributed by atoms with Crippen LogP contribution in [0.3, 0.4) is 0 Å². The first kappa shape index (κ1) is 19.1. The summed E-state index contributed by atoms with van der Waals surface area (Å²) in [6.07, 6.45) is 15.5. The van der Waals surface area contributed by atoms with E-state index in [0.29, 0.717) is 5.92 Å². The Morgan fingerprint density at radius 1 is 0.962 bits per heavy atom. The average Bonchev–Trinajstić information content (AvgIpc) is 2.66. The molecule has 2 nitrogen and oxygen atoms in total. The van der Waals surface area contributed by atoms with Crippen LogP contribution in [0.25, 0.3) is 0 Å². The van der Waals surface area contributed by atoms with Crippen molar-refractivity contribution in [3.63, 3.8) is 0 Å². The van der Waals surface area contributed by atoms with Crippen LogP contribution in [-0.4, -0.2) is 11.1 Å². The highest BCUT2D eigenvalue weighted by atomic mass is 19.1. The summed E-state index contributed by atoms with van der Waals surface area (Å²) >= 11 is 0. The fourth-order valence-corrected chi connectivity index (χ4v) is 5.12. The zero-order valence-corrected chi connectivity index (χ0v) is 15.6. The van der Waals surface area contributed by atoms with Crippen LogP contribution in [0.15, 0.2) is 36.4 Å². The van der Waals surface area contributed by atoms with Gasteiger partial charge < -0.3 is 5.11 Å². The van der Waals surface area contributed by atoms with Crippen LogP contribution in [0.4, 0.5) is 4.39 Å². The number of hydrogen-bond donors (Lipinski definition) is 1. The molecule has 26 heavy (non-hydrogen) atoms. The first-order valence-electron chi connectivity index (χ1n) is 10.3. The van der Waals surface area contributed by atoms with Gasteiger partial charge in [0.15, 0.2) is 0 Å². The van der Waals surface area contributed by atoms with Crippen molar-refractivity contribution in [3.05, 3.63) is 47.8 Å². The van der Waals surface area contributed by atoms with Crippen molar-refractivity contribution in [3.8, 4) is 0 Å². The van der Waals surface area contributed by atoms with Crippen LogP contribution < -0.4 is 0 Å². The fourth-order valence-electron chi connectivity index (χ4n) is 5.12. The van der Waals surface area contributed by atoms with Crippen LogP contribution in [-0.2, 0) is 4.79 Å². The molecule has 0 unspecified atom stereocenters. The fraction of sp³-hybridized carbons (Fsp3) is 0.609. The van der Waals surface area contributed by atoms with Crippen molar-refractivity contribution in [2.45, 2.75) is 70.1 Å². The quantitative estimate of drug-likeness (QED) is 0.604. The van der Waals surface area contributed by atoms with Crippen molar-refractivity contribution >= 4 is 5.97 Å². The Morgan fingerprint density at radius 3 is 2.12 bits per heavy atom. The summed E-state index contributed by atoms with van der Waals surface area (Å²) in [6.45, 7) is 0. The maximum atomic E-state index is 13.1. The molecule has 0 bridgehead atoms. The van der Waals surface area contributed by atoms with E-state index in [1.165, 1.54) is 63.0 Å². The second kappa shape index (κ2) is 9.34. The van der Waals surface area contributed by atoms with E-state index in [4.69, 9.17) is 5.11 Å². The van der Waals surface area contributed by atoms with Gasteiger partial charge in [-0.05, 0) is 92.7 Å². The van der Waals surface area contributed by atoms with Crippen molar-refractivity contribution < 1.29 is 14.3 Å². The van der Waals surface area contributed by atoms with Gasteiger partial charge in [0, 0.05) is 6.08 Å². The normalized spacial score (nSPS) is 29.7. The van der Waals surface area contributed by atoms with Gasteiger partial charge in [0.2, 0.25) is 0 Å². The van der Waals surface area contributed by atoms with E-state index in [9.17, 15) is 9.18 Å². The topological polar surface area (TPSA) is 37.3 Å². The number of carboxylic acid groups (broad SMARTS) is 1. The lowest BCUT2D eigenvalue weighted by Crippen LogP contribution is -2.25. The third kappa shape index (κ3) is 5.43. The van der Waals surface area contributed by atoms with Gasteiger partial charge in [0.05, 0.1) is 0 Å². The summed E-state index contributed by atoms with van der Waals surface area (Å²) in [5, 5.41) is 8.63. The maximum absolute atomic E-state index is 13.1. The van der Waals surface area contributed by atoms with E-state index < -0.39 is 5.97 Å². The molecule has 2 aliphatic rings. The van der Waals surface area contributed by atoms with Crippen molar-refractivity contribution in [2.24, 2.45) is 17.8 Å². The highest BCUT2D eigenvalue weighted by molar-refractivity contribution is 5.79. The van der Waals surface area contributed by atoms with E-state index in [2.05, 4.69) is 0 Å². The molecule has 1 aromatic carbocycles. The summed E-state index contributed by atoms with van der Waals surface area (Å²) in [7, 11) is 0. The molecule has 0 atom stereocenters. The van der Waals surface area contributed by atoms with Gasteiger partial charge in [0.1, 0.15) is 5.82 Å². The SMILES string of the molecule is O=C(O)/C=C/CC[C@H]1CC[C@H]([C@H]2CC[C@H](c3ccc(F)cc3)CC2)CC1.